The van der Waals surface area contributed by atoms with Gasteiger partial charge < -0.3 is 25.1 Å². The van der Waals surface area contributed by atoms with Crippen LogP contribution < -0.4 is 15.4 Å². The topological polar surface area (TPSA) is 116 Å². The van der Waals surface area contributed by atoms with Crippen LogP contribution in [0.1, 0.15) is 24.7 Å². The van der Waals surface area contributed by atoms with Crippen LogP contribution in [-0.4, -0.2) is 69.4 Å². The molecule has 0 amide bonds. The molecule has 11 heteroatoms. The molecule has 5 rings (SSSR count). The lowest BCUT2D eigenvalue weighted by atomic mass is 10.2. The van der Waals surface area contributed by atoms with Gasteiger partial charge >= 0.3 is 6.01 Å². The molecule has 4 heterocycles. The molecular formula is C26H31FN8O2. The van der Waals surface area contributed by atoms with Gasteiger partial charge in [-0.15, -0.1) is 0 Å². The molecule has 4 aromatic rings. The predicted octanol–water partition coefficient (Wildman–Crippen LogP) is 4.83. The van der Waals surface area contributed by atoms with E-state index in [0.717, 1.165) is 50.7 Å². The maximum atomic E-state index is 15.2. The molecule has 1 aromatic carbocycles. The molecule has 0 radical (unpaired) electrons. The van der Waals surface area contributed by atoms with Crippen molar-refractivity contribution in [3.8, 4) is 11.8 Å². The zero-order valence-corrected chi connectivity index (χ0v) is 21.0. The highest BCUT2D eigenvalue weighted by Gasteiger charge is 2.15. The second-order valence-electron chi connectivity index (χ2n) is 8.88. The van der Waals surface area contributed by atoms with Crippen molar-refractivity contribution in [3.63, 3.8) is 0 Å². The van der Waals surface area contributed by atoms with E-state index in [-0.39, 0.29) is 11.8 Å². The summed E-state index contributed by atoms with van der Waals surface area (Å²) in [6.07, 6.45) is 4.77. The number of H-pyrrole nitrogens is 2. The highest BCUT2D eigenvalue weighted by atomic mass is 19.1. The van der Waals surface area contributed by atoms with Crippen LogP contribution in [-0.2, 0) is 4.74 Å². The molecule has 0 aliphatic carbocycles. The fourth-order valence-corrected chi connectivity index (χ4v) is 4.23. The zero-order chi connectivity index (χ0) is 25.6. The van der Waals surface area contributed by atoms with Crippen molar-refractivity contribution in [1.29, 1.82) is 0 Å². The normalized spacial score (nSPS) is 14.5. The quantitative estimate of drug-likeness (QED) is 0.226. The number of aromatic amines is 2. The molecule has 0 spiro atoms. The molecule has 4 N–H and O–H groups in total. The number of fused-ring (bicyclic) bond motifs is 1. The van der Waals surface area contributed by atoms with E-state index in [4.69, 9.17) is 9.47 Å². The van der Waals surface area contributed by atoms with E-state index in [1.807, 2.05) is 32.1 Å². The summed E-state index contributed by atoms with van der Waals surface area (Å²) in [5.74, 6) is 1.21. The second-order valence-corrected chi connectivity index (χ2v) is 8.88. The van der Waals surface area contributed by atoms with Gasteiger partial charge in [-0.2, -0.15) is 15.1 Å². The van der Waals surface area contributed by atoms with E-state index in [9.17, 15) is 0 Å². The van der Waals surface area contributed by atoms with E-state index >= 15 is 4.39 Å². The van der Waals surface area contributed by atoms with Gasteiger partial charge in [0.25, 0.3) is 0 Å². The Morgan fingerprint density at radius 2 is 1.97 bits per heavy atom. The Morgan fingerprint density at radius 3 is 2.81 bits per heavy atom. The molecule has 10 nitrogen and oxygen atoms in total. The first-order valence-corrected chi connectivity index (χ1v) is 12.4. The standard InChI is InChI=1S/C26H31FN8O2/c1-3-5-18-15-24(34-33-18)30-23-16-22(28-8-4-9-35-10-12-36-13-11-35)31-26(32-23)37-21-7-6-20-19(25(21)27)14-17(2)29-20/h3,5-7,14-16,29H,4,8-13H2,1-2H3,(H3,28,30,31,32,33,34)/b5-3+. The number of aromatic nitrogens is 5. The first-order valence-electron chi connectivity index (χ1n) is 12.4. The van der Waals surface area contributed by atoms with Gasteiger partial charge in [-0.25, -0.2) is 4.39 Å². The molecule has 194 valence electrons. The van der Waals surface area contributed by atoms with Gasteiger partial charge in [0.1, 0.15) is 11.6 Å². The summed E-state index contributed by atoms with van der Waals surface area (Å²) in [6, 6.07) is 8.76. The fourth-order valence-electron chi connectivity index (χ4n) is 4.23. The minimum Gasteiger partial charge on any atom is -0.421 e. The average Bonchev–Trinajstić information content (AvgIpc) is 3.50. The number of aryl methyl sites for hydroxylation is 1. The third-order valence-electron chi connectivity index (χ3n) is 6.00. The number of rotatable bonds is 10. The van der Waals surface area contributed by atoms with Crippen LogP contribution in [0.3, 0.4) is 0 Å². The van der Waals surface area contributed by atoms with Crippen molar-refractivity contribution in [1.82, 2.24) is 30.0 Å². The number of anilines is 3. The largest absolute Gasteiger partial charge is 0.421 e. The first-order chi connectivity index (χ1) is 18.1. The lowest BCUT2D eigenvalue weighted by molar-refractivity contribution is 0.0378. The third-order valence-corrected chi connectivity index (χ3v) is 6.00. The fraction of sp³-hybridized carbons (Fsp3) is 0.346. The van der Waals surface area contributed by atoms with Crippen molar-refractivity contribution in [2.45, 2.75) is 20.3 Å². The van der Waals surface area contributed by atoms with Crippen molar-refractivity contribution >= 4 is 34.4 Å². The molecule has 3 aromatic heterocycles. The molecule has 1 aliphatic heterocycles. The van der Waals surface area contributed by atoms with Gasteiger partial charge in [0.2, 0.25) is 0 Å². The Balaban J connectivity index is 1.34. The van der Waals surface area contributed by atoms with Gasteiger partial charge in [-0.05, 0) is 51.1 Å². The van der Waals surface area contributed by atoms with Crippen LogP contribution in [0, 0.1) is 12.7 Å². The monoisotopic (exact) mass is 506 g/mol. The molecule has 1 fully saturated rings. The molecule has 0 saturated carbocycles. The first kappa shape index (κ1) is 24.7. The minimum atomic E-state index is -0.466. The van der Waals surface area contributed by atoms with E-state index in [1.54, 1.807) is 24.3 Å². The summed E-state index contributed by atoms with van der Waals surface area (Å²) in [6.45, 7) is 8.97. The Hall–Kier alpha value is -3.96. The Bertz CT molecular complexity index is 1380. The number of benzene rings is 1. The van der Waals surface area contributed by atoms with Crippen LogP contribution in [0.4, 0.5) is 21.8 Å². The highest BCUT2D eigenvalue weighted by Crippen LogP contribution is 2.30. The predicted molar refractivity (Wildman–Crippen MR) is 142 cm³/mol. The summed E-state index contributed by atoms with van der Waals surface area (Å²) >= 11 is 0. The number of ether oxygens (including phenoxy) is 2. The van der Waals surface area contributed by atoms with Crippen molar-refractivity contribution in [3.05, 3.63) is 53.6 Å². The third kappa shape index (κ3) is 6.25. The number of nitrogens with one attached hydrogen (secondary N) is 4. The van der Waals surface area contributed by atoms with Gasteiger partial charge in [-0.3, -0.25) is 10.00 Å². The molecule has 37 heavy (non-hydrogen) atoms. The maximum absolute atomic E-state index is 15.2. The van der Waals surface area contributed by atoms with E-state index in [2.05, 4.69) is 40.7 Å². The van der Waals surface area contributed by atoms with Crippen molar-refractivity contribution < 1.29 is 13.9 Å². The number of hydrogen-bond donors (Lipinski definition) is 4. The Morgan fingerprint density at radius 1 is 1.14 bits per heavy atom. The highest BCUT2D eigenvalue weighted by molar-refractivity contribution is 5.82. The molecule has 1 aliphatic rings. The summed E-state index contributed by atoms with van der Waals surface area (Å²) in [7, 11) is 0. The molecule has 0 unspecified atom stereocenters. The maximum Gasteiger partial charge on any atom is 0.326 e. The molecule has 0 bridgehead atoms. The average molecular weight is 507 g/mol. The van der Waals surface area contributed by atoms with Gasteiger partial charge in [0, 0.05) is 48.4 Å². The molecule has 1 saturated heterocycles. The van der Waals surface area contributed by atoms with E-state index in [1.165, 1.54) is 0 Å². The van der Waals surface area contributed by atoms with Gasteiger partial charge in [0.15, 0.2) is 17.4 Å². The van der Waals surface area contributed by atoms with E-state index < -0.39 is 5.82 Å². The lowest BCUT2D eigenvalue weighted by Crippen LogP contribution is -2.37. The Kier molecular flexibility index (Phi) is 7.62. The molecule has 0 atom stereocenters. The summed E-state index contributed by atoms with van der Waals surface area (Å²) in [5, 5.41) is 14.2. The van der Waals surface area contributed by atoms with E-state index in [0.29, 0.717) is 34.9 Å². The zero-order valence-electron chi connectivity index (χ0n) is 21.0. The Labute approximate surface area is 214 Å². The molecular weight excluding hydrogens is 475 g/mol. The van der Waals surface area contributed by atoms with Crippen LogP contribution in [0.2, 0.25) is 0 Å². The summed E-state index contributed by atoms with van der Waals surface area (Å²) in [5.41, 5.74) is 2.43. The smallest absolute Gasteiger partial charge is 0.326 e. The van der Waals surface area contributed by atoms with Crippen LogP contribution in [0.25, 0.3) is 17.0 Å². The number of morpholine rings is 1. The lowest BCUT2D eigenvalue weighted by Gasteiger charge is -2.26. The van der Waals surface area contributed by atoms with Crippen LogP contribution >= 0.6 is 0 Å². The number of hydrogen-bond acceptors (Lipinski definition) is 8. The minimum absolute atomic E-state index is 0.0235. The number of halogens is 1. The summed E-state index contributed by atoms with van der Waals surface area (Å²) < 4.78 is 26.4. The van der Waals surface area contributed by atoms with Gasteiger partial charge in [0.05, 0.1) is 18.9 Å². The van der Waals surface area contributed by atoms with Crippen molar-refractivity contribution in [2.24, 2.45) is 0 Å². The number of nitrogens with zero attached hydrogens (tertiary/aromatic N) is 4. The van der Waals surface area contributed by atoms with Crippen LogP contribution in [0.15, 0.2) is 36.4 Å². The van der Waals surface area contributed by atoms with Crippen LogP contribution in [0.5, 0.6) is 11.8 Å². The van der Waals surface area contributed by atoms with Crippen molar-refractivity contribution in [2.75, 3.05) is 50.0 Å². The van der Waals surface area contributed by atoms with Gasteiger partial charge in [-0.1, -0.05) is 6.08 Å². The second kappa shape index (κ2) is 11.4. The summed E-state index contributed by atoms with van der Waals surface area (Å²) in [4.78, 5) is 14.4. The number of allylic oxidation sites excluding steroid dienone is 1. The SMILES string of the molecule is C/C=C/c1cc(Nc2cc(NCCCN3CCOCC3)nc(Oc3ccc4[nH]c(C)cc4c3F)n2)n[nH]1.